The molecule has 0 saturated carbocycles. The molecule has 0 aliphatic carbocycles. The van der Waals surface area contributed by atoms with Crippen molar-refractivity contribution in [3.8, 4) is 11.8 Å². The summed E-state index contributed by atoms with van der Waals surface area (Å²) in [4.78, 5) is 12.6. The van der Waals surface area contributed by atoms with Crippen molar-refractivity contribution in [1.82, 2.24) is 0 Å². The van der Waals surface area contributed by atoms with Crippen LogP contribution in [0.4, 0.5) is 0 Å². The summed E-state index contributed by atoms with van der Waals surface area (Å²) in [5.74, 6) is 5.57. The van der Waals surface area contributed by atoms with E-state index in [-0.39, 0.29) is 5.97 Å². The minimum atomic E-state index is -0.295. The van der Waals surface area contributed by atoms with E-state index < -0.39 is 0 Å². The molecule has 74 valence electrons. The summed E-state index contributed by atoms with van der Waals surface area (Å²) in [6.07, 6.45) is 0. The van der Waals surface area contributed by atoms with E-state index in [2.05, 4.69) is 11.8 Å². The fourth-order valence-corrected chi connectivity index (χ4v) is 1.68. The second kappa shape index (κ2) is 5.69. The summed E-state index contributed by atoms with van der Waals surface area (Å²) in [6.45, 7) is 2.17. The average Bonchev–Trinajstić information content (AvgIpc) is 2.63. The predicted molar refractivity (Wildman–Crippen MR) is 57.9 cm³/mol. The Morgan fingerprint density at radius 3 is 3.07 bits per heavy atom. The lowest BCUT2D eigenvalue weighted by molar-refractivity contribution is 0.0532. The summed E-state index contributed by atoms with van der Waals surface area (Å²) in [6, 6.07) is 3.50. The summed E-state index contributed by atoms with van der Waals surface area (Å²) in [5, 5.41) is 0. The van der Waals surface area contributed by atoms with Crippen LogP contribution in [-0.4, -0.2) is 18.5 Å². The van der Waals surface area contributed by atoms with Crippen molar-refractivity contribution < 1.29 is 9.53 Å². The van der Waals surface area contributed by atoms with Gasteiger partial charge in [-0.15, -0.1) is 22.9 Å². The number of hydrogen-bond donors (Lipinski definition) is 0. The van der Waals surface area contributed by atoms with Gasteiger partial charge in [-0.1, -0.05) is 11.8 Å². The van der Waals surface area contributed by atoms with Crippen LogP contribution in [0.25, 0.3) is 0 Å². The quantitative estimate of drug-likeness (QED) is 0.442. The molecule has 1 heterocycles. The van der Waals surface area contributed by atoms with Crippen LogP contribution in [0.2, 0.25) is 0 Å². The lowest BCUT2D eigenvalue weighted by atomic mass is 10.4. The van der Waals surface area contributed by atoms with E-state index in [0.717, 1.165) is 4.88 Å². The fourth-order valence-electron chi connectivity index (χ4n) is 0.838. The molecule has 14 heavy (non-hydrogen) atoms. The molecule has 0 atom stereocenters. The van der Waals surface area contributed by atoms with Crippen molar-refractivity contribution in [3.05, 3.63) is 21.9 Å². The Bertz CT molecular complexity index is 373. The van der Waals surface area contributed by atoms with Crippen LogP contribution in [0.3, 0.4) is 0 Å². The number of carbonyl (C=O) groups is 1. The lowest BCUT2D eigenvalue weighted by Gasteiger charge is -1.95. The van der Waals surface area contributed by atoms with E-state index in [9.17, 15) is 4.79 Å². The van der Waals surface area contributed by atoms with Gasteiger partial charge in [-0.2, -0.15) is 0 Å². The van der Waals surface area contributed by atoms with Crippen molar-refractivity contribution in [2.75, 3.05) is 12.5 Å². The number of thiophene rings is 1. The van der Waals surface area contributed by atoms with Crippen molar-refractivity contribution in [3.63, 3.8) is 0 Å². The van der Waals surface area contributed by atoms with Crippen molar-refractivity contribution in [1.29, 1.82) is 0 Å². The lowest BCUT2D eigenvalue weighted by Crippen LogP contribution is -2.01. The van der Waals surface area contributed by atoms with Crippen LogP contribution in [0.5, 0.6) is 0 Å². The zero-order valence-corrected chi connectivity index (χ0v) is 9.24. The van der Waals surface area contributed by atoms with Gasteiger partial charge in [0.05, 0.1) is 17.4 Å². The summed E-state index contributed by atoms with van der Waals surface area (Å²) < 4.78 is 4.84. The topological polar surface area (TPSA) is 26.3 Å². The monoisotopic (exact) mass is 228 g/mol. The second-order valence-corrected chi connectivity index (χ2v) is 3.67. The normalized spacial score (nSPS) is 9.00. The van der Waals surface area contributed by atoms with Gasteiger partial charge in [-0.3, -0.25) is 0 Å². The number of hydrogen-bond acceptors (Lipinski definition) is 3. The fraction of sp³-hybridized carbons (Fsp3) is 0.300. The number of alkyl halides is 1. The van der Waals surface area contributed by atoms with E-state index in [0.29, 0.717) is 17.4 Å². The van der Waals surface area contributed by atoms with E-state index >= 15 is 0 Å². The minimum Gasteiger partial charge on any atom is -0.462 e. The maximum Gasteiger partial charge on any atom is 0.348 e. The van der Waals surface area contributed by atoms with Crippen LogP contribution >= 0.6 is 22.9 Å². The first-order chi connectivity index (χ1) is 6.77. The molecule has 0 spiro atoms. The Balaban J connectivity index is 2.72. The number of ether oxygens (including phenoxy) is 1. The summed E-state index contributed by atoms with van der Waals surface area (Å²) in [7, 11) is 0. The van der Waals surface area contributed by atoms with Crippen molar-refractivity contribution in [2.45, 2.75) is 6.92 Å². The Labute approximate surface area is 91.8 Å². The molecule has 0 amide bonds. The molecule has 4 heteroatoms. The van der Waals surface area contributed by atoms with Gasteiger partial charge in [0.25, 0.3) is 0 Å². The predicted octanol–water partition coefficient (Wildman–Crippen LogP) is 2.52. The largest absolute Gasteiger partial charge is 0.462 e. The van der Waals surface area contributed by atoms with Crippen LogP contribution in [0, 0.1) is 11.8 Å². The molecular weight excluding hydrogens is 220 g/mol. The standard InChI is InChI=1S/C10H9ClO2S/c1-2-13-10(12)9-6-5-8(14-9)4-3-7-11/h5-6H,2,7H2,1H3. The average molecular weight is 229 g/mol. The van der Waals surface area contributed by atoms with E-state index in [4.69, 9.17) is 16.3 Å². The molecule has 1 aromatic rings. The maximum absolute atomic E-state index is 11.2. The Hall–Kier alpha value is -0.980. The van der Waals surface area contributed by atoms with E-state index in [1.165, 1.54) is 11.3 Å². The SMILES string of the molecule is CCOC(=O)c1ccc(C#CCCl)s1. The van der Waals surface area contributed by atoms with Gasteiger partial charge < -0.3 is 4.74 Å². The first kappa shape index (κ1) is 11.1. The molecule has 1 rings (SSSR count). The highest BCUT2D eigenvalue weighted by molar-refractivity contribution is 7.14. The molecule has 0 aliphatic rings. The van der Waals surface area contributed by atoms with Gasteiger partial charge in [0, 0.05) is 0 Å². The molecule has 0 bridgehead atoms. The third kappa shape index (κ3) is 3.06. The zero-order valence-electron chi connectivity index (χ0n) is 7.67. The smallest absolute Gasteiger partial charge is 0.348 e. The molecule has 0 N–H and O–H groups in total. The highest BCUT2D eigenvalue weighted by Gasteiger charge is 2.08. The number of rotatable bonds is 2. The van der Waals surface area contributed by atoms with Crippen LogP contribution in [0.15, 0.2) is 12.1 Å². The van der Waals surface area contributed by atoms with Gasteiger partial charge in [-0.25, -0.2) is 4.79 Å². The van der Waals surface area contributed by atoms with Gasteiger partial charge >= 0.3 is 5.97 Å². The highest BCUT2D eigenvalue weighted by Crippen LogP contribution is 2.16. The van der Waals surface area contributed by atoms with Gasteiger partial charge in [-0.05, 0) is 19.1 Å². The number of carbonyl (C=O) groups excluding carboxylic acids is 1. The summed E-state index contributed by atoms with van der Waals surface area (Å²) >= 11 is 6.72. The molecule has 2 nitrogen and oxygen atoms in total. The van der Waals surface area contributed by atoms with Crippen LogP contribution in [-0.2, 0) is 4.74 Å². The van der Waals surface area contributed by atoms with E-state index in [1.807, 2.05) is 0 Å². The Morgan fingerprint density at radius 1 is 1.64 bits per heavy atom. The minimum absolute atomic E-state index is 0.295. The van der Waals surface area contributed by atoms with Crippen LogP contribution in [0.1, 0.15) is 21.5 Å². The highest BCUT2D eigenvalue weighted by atomic mass is 35.5. The zero-order chi connectivity index (χ0) is 10.4. The molecule has 0 aromatic carbocycles. The molecule has 0 aliphatic heterocycles. The number of halogens is 1. The number of esters is 1. The maximum atomic E-state index is 11.2. The Morgan fingerprint density at radius 2 is 2.43 bits per heavy atom. The Kier molecular flexibility index (Phi) is 4.51. The van der Waals surface area contributed by atoms with Crippen molar-refractivity contribution >= 4 is 28.9 Å². The molecule has 1 aromatic heterocycles. The second-order valence-electron chi connectivity index (χ2n) is 2.32. The first-order valence-corrected chi connectivity index (χ1v) is 5.44. The van der Waals surface area contributed by atoms with Gasteiger partial charge in [0.15, 0.2) is 0 Å². The van der Waals surface area contributed by atoms with Crippen molar-refractivity contribution in [2.24, 2.45) is 0 Å². The molecular formula is C10H9ClO2S. The van der Waals surface area contributed by atoms with Gasteiger partial charge in [0.1, 0.15) is 4.88 Å². The van der Waals surface area contributed by atoms with E-state index in [1.54, 1.807) is 19.1 Å². The molecule has 0 saturated heterocycles. The molecule has 0 radical (unpaired) electrons. The first-order valence-electron chi connectivity index (χ1n) is 4.09. The third-order valence-corrected chi connectivity index (χ3v) is 2.48. The molecule has 0 unspecified atom stereocenters. The van der Waals surface area contributed by atoms with Gasteiger partial charge in [0.2, 0.25) is 0 Å². The van der Waals surface area contributed by atoms with Crippen LogP contribution < -0.4 is 0 Å². The molecule has 0 fully saturated rings. The third-order valence-electron chi connectivity index (χ3n) is 1.36. The summed E-state index contributed by atoms with van der Waals surface area (Å²) in [5.41, 5.74) is 0.